The summed E-state index contributed by atoms with van der Waals surface area (Å²) in [6, 6.07) is 12.6. The van der Waals surface area contributed by atoms with Crippen LogP contribution in [0.4, 0.5) is 5.69 Å². The van der Waals surface area contributed by atoms with Gasteiger partial charge in [-0.05, 0) is 68.5 Å². The molecule has 2 aliphatic heterocycles. The summed E-state index contributed by atoms with van der Waals surface area (Å²) in [6.07, 6.45) is 0. The van der Waals surface area contributed by atoms with Crippen LogP contribution >= 0.6 is 39.7 Å². The maximum absolute atomic E-state index is 13.4. The molecule has 0 aliphatic carbocycles. The third-order valence-electron chi connectivity index (χ3n) is 5.30. The third kappa shape index (κ3) is 3.15. The molecule has 2 bridgehead atoms. The van der Waals surface area contributed by atoms with E-state index in [4.69, 9.17) is 28.6 Å². The summed E-state index contributed by atoms with van der Waals surface area (Å²) in [6.45, 7) is 4.54. The highest BCUT2D eigenvalue weighted by molar-refractivity contribution is 9.10. The van der Waals surface area contributed by atoms with Crippen LogP contribution in [0.1, 0.15) is 25.5 Å². The predicted octanol–water partition coefficient (Wildman–Crippen LogP) is 4.72. The molecule has 2 aromatic carbocycles. The first-order chi connectivity index (χ1) is 13.3. The van der Waals surface area contributed by atoms with Crippen molar-refractivity contribution in [3.8, 4) is 5.75 Å². The molecule has 1 saturated heterocycles. The molecule has 8 heteroatoms. The smallest absolute Gasteiger partial charge is 0.236 e. The van der Waals surface area contributed by atoms with Gasteiger partial charge in [-0.2, -0.15) is 0 Å². The molecule has 1 amide bonds. The maximum Gasteiger partial charge on any atom is 0.236 e. The van der Waals surface area contributed by atoms with Crippen molar-refractivity contribution in [2.24, 2.45) is 5.92 Å². The van der Waals surface area contributed by atoms with Gasteiger partial charge in [-0.25, -0.2) is 0 Å². The van der Waals surface area contributed by atoms with Crippen molar-refractivity contribution in [1.29, 1.82) is 0 Å². The normalized spacial score (nSPS) is 25.4. The Morgan fingerprint density at radius 1 is 1.36 bits per heavy atom. The maximum atomic E-state index is 13.4. The number of nitrogens with zero attached hydrogens (tertiary/aromatic N) is 1. The standard InChI is InChI=1S/C20H19BrClN3O2S/c1-3-25-19(28)24-17-14-10-11(21)4-9-15(14)27-20(25,2)16(17)18(26)23-13-7-5-12(22)6-8-13/h4-10,16-17H,3H2,1-2H3,(H,23,26)(H,24,28)/t16-,17+,20+/m1/s1. The molecule has 4 rings (SSSR count). The number of hydrogen-bond acceptors (Lipinski definition) is 3. The number of nitrogens with one attached hydrogen (secondary N) is 2. The molecule has 0 unspecified atom stereocenters. The Bertz CT molecular complexity index is 955. The number of anilines is 1. The van der Waals surface area contributed by atoms with E-state index >= 15 is 0 Å². The zero-order valence-electron chi connectivity index (χ0n) is 15.3. The molecule has 0 spiro atoms. The first kappa shape index (κ1) is 19.5. The van der Waals surface area contributed by atoms with E-state index in [1.165, 1.54) is 0 Å². The zero-order valence-corrected chi connectivity index (χ0v) is 18.5. The Kier molecular flexibility index (Phi) is 5.02. The van der Waals surface area contributed by atoms with Crippen molar-refractivity contribution in [2.75, 3.05) is 11.9 Å². The number of rotatable bonds is 3. The summed E-state index contributed by atoms with van der Waals surface area (Å²) in [5, 5.41) is 7.55. The highest BCUT2D eigenvalue weighted by Crippen LogP contribution is 2.49. The molecule has 146 valence electrons. The van der Waals surface area contributed by atoms with E-state index in [1.807, 2.05) is 36.9 Å². The van der Waals surface area contributed by atoms with E-state index in [1.54, 1.807) is 24.3 Å². The van der Waals surface area contributed by atoms with Crippen LogP contribution < -0.4 is 15.4 Å². The fourth-order valence-corrected chi connectivity index (χ4v) is 4.97. The Labute approximate surface area is 182 Å². The first-order valence-electron chi connectivity index (χ1n) is 8.96. The number of thiocarbonyl (C=S) groups is 1. The minimum atomic E-state index is -0.904. The van der Waals surface area contributed by atoms with Gasteiger partial charge in [0, 0.05) is 27.3 Å². The monoisotopic (exact) mass is 479 g/mol. The van der Waals surface area contributed by atoms with Crippen LogP contribution in [0.3, 0.4) is 0 Å². The van der Waals surface area contributed by atoms with E-state index in [0.29, 0.717) is 22.4 Å². The number of ether oxygens (including phenoxy) is 1. The fraction of sp³-hybridized carbons (Fsp3) is 0.300. The van der Waals surface area contributed by atoms with Crippen LogP contribution in [0.25, 0.3) is 0 Å². The molecule has 2 heterocycles. The van der Waals surface area contributed by atoms with Gasteiger partial charge in [0.05, 0.1) is 6.04 Å². The second kappa shape index (κ2) is 7.21. The Hall–Kier alpha value is -1.83. The van der Waals surface area contributed by atoms with E-state index in [9.17, 15) is 4.79 Å². The molecule has 0 aromatic heterocycles. The topological polar surface area (TPSA) is 53.6 Å². The van der Waals surface area contributed by atoms with E-state index in [0.717, 1.165) is 15.8 Å². The molecule has 3 atom stereocenters. The van der Waals surface area contributed by atoms with Crippen molar-refractivity contribution in [3.63, 3.8) is 0 Å². The quantitative estimate of drug-likeness (QED) is 0.623. The number of benzene rings is 2. The molecular weight excluding hydrogens is 462 g/mol. The lowest BCUT2D eigenvalue weighted by molar-refractivity contribution is -0.148. The predicted molar refractivity (Wildman–Crippen MR) is 118 cm³/mol. The number of carbonyl (C=O) groups is 1. The van der Waals surface area contributed by atoms with Crippen molar-refractivity contribution in [2.45, 2.75) is 25.6 Å². The van der Waals surface area contributed by atoms with Crippen molar-refractivity contribution < 1.29 is 9.53 Å². The van der Waals surface area contributed by atoms with Crippen molar-refractivity contribution >= 4 is 56.5 Å². The van der Waals surface area contributed by atoms with Gasteiger partial charge in [-0.3, -0.25) is 4.79 Å². The average molecular weight is 481 g/mol. The lowest BCUT2D eigenvalue weighted by atomic mass is 9.79. The van der Waals surface area contributed by atoms with Gasteiger partial charge < -0.3 is 20.3 Å². The average Bonchev–Trinajstić information content (AvgIpc) is 2.64. The molecule has 1 fully saturated rings. The molecule has 0 saturated carbocycles. The molecule has 2 aromatic rings. The van der Waals surface area contributed by atoms with Crippen LogP contribution in [0, 0.1) is 5.92 Å². The van der Waals surface area contributed by atoms with E-state index in [2.05, 4.69) is 26.6 Å². The Morgan fingerprint density at radius 3 is 2.75 bits per heavy atom. The summed E-state index contributed by atoms with van der Waals surface area (Å²) in [4.78, 5) is 15.3. The lowest BCUT2D eigenvalue weighted by Crippen LogP contribution is -2.71. The Balaban J connectivity index is 1.77. The van der Waals surface area contributed by atoms with Crippen LogP contribution in [0.2, 0.25) is 5.02 Å². The van der Waals surface area contributed by atoms with Crippen LogP contribution in [-0.2, 0) is 4.79 Å². The SMILES string of the molecule is CCN1C(=S)N[C@H]2c3cc(Br)ccc3O[C@@]1(C)[C@H]2C(=O)Nc1ccc(Cl)cc1. The summed E-state index contributed by atoms with van der Waals surface area (Å²) >= 11 is 15.0. The van der Waals surface area contributed by atoms with Gasteiger partial charge in [0.25, 0.3) is 0 Å². The minimum Gasteiger partial charge on any atom is -0.467 e. The molecule has 0 radical (unpaired) electrons. The molecule has 2 N–H and O–H groups in total. The van der Waals surface area contributed by atoms with E-state index in [-0.39, 0.29) is 11.9 Å². The molecular formula is C20H19BrClN3O2S. The van der Waals surface area contributed by atoms with Gasteiger partial charge in [-0.1, -0.05) is 27.5 Å². The summed E-state index contributed by atoms with van der Waals surface area (Å²) < 4.78 is 7.32. The van der Waals surface area contributed by atoms with Crippen molar-refractivity contribution in [3.05, 3.63) is 57.5 Å². The van der Waals surface area contributed by atoms with Gasteiger partial charge in [0.2, 0.25) is 5.91 Å². The highest BCUT2D eigenvalue weighted by atomic mass is 79.9. The lowest BCUT2D eigenvalue weighted by Gasteiger charge is -2.56. The number of amides is 1. The van der Waals surface area contributed by atoms with Gasteiger partial charge >= 0.3 is 0 Å². The molecule has 2 aliphatic rings. The van der Waals surface area contributed by atoms with Crippen molar-refractivity contribution in [1.82, 2.24) is 10.2 Å². The zero-order chi connectivity index (χ0) is 20.1. The van der Waals surface area contributed by atoms with Gasteiger partial charge in [-0.15, -0.1) is 0 Å². The highest BCUT2D eigenvalue weighted by Gasteiger charge is 2.58. The number of hydrogen-bond donors (Lipinski definition) is 2. The largest absolute Gasteiger partial charge is 0.467 e. The summed E-state index contributed by atoms with van der Waals surface area (Å²) in [7, 11) is 0. The number of halogens is 2. The van der Waals surface area contributed by atoms with E-state index < -0.39 is 11.6 Å². The molecule has 28 heavy (non-hydrogen) atoms. The van der Waals surface area contributed by atoms with Crippen LogP contribution in [0.5, 0.6) is 5.75 Å². The fourth-order valence-electron chi connectivity index (χ4n) is 4.03. The van der Waals surface area contributed by atoms with Crippen LogP contribution in [-0.4, -0.2) is 28.2 Å². The van der Waals surface area contributed by atoms with Gasteiger partial charge in [0.15, 0.2) is 10.8 Å². The first-order valence-corrected chi connectivity index (χ1v) is 10.5. The third-order valence-corrected chi connectivity index (χ3v) is 6.39. The summed E-state index contributed by atoms with van der Waals surface area (Å²) in [5.74, 6) is 0.0882. The summed E-state index contributed by atoms with van der Waals surface area (Å²) in [5.41, 5.74) is 0.682. The Morgan fingerprint density at radius 2 is 2.07 bits per heavy atom. The van der Waals surface area contributed by atoms with Crippen LogP contribution in [0.15, 0.2) is 46.9 Å². The number of carbonyl (C=O) groups excluding carboxylic acids is 1. The number of fused-ring (bicyclic) bond motifs is 4. The second-order valence-corrected chi connectivity index (χ2v) is 8.72. The minimum absolute atomic E-state index is 0.145. The van der Waals surface area contributed by atoms with Gasteiger partial charge in [0.1, 0.15) is 11.7 Å². The molecule has 5 nitrogen and oxygen atoms in total. The second-order valence-electron chi connectivity index (χ2n) is 6.98.